The van der Waals surface area contributed by atoms with Gasteiger partial charge in [0, 0.05) is 29.9 Å². The minimum Gasteiger partial charge on any atom is -0.480 e. The maximum Gasteiger partial charge on any atom is 0.408 e. The smallest absolute Gasteiger partial charge is 0.408 e. The molecule has 0 spiro atoms. The van der Waals surface area contributed by atoms with Gasteiger partial charge in [0.2, 0.25) is 5.91 Å². The number of para-hydroxylation sites is 1. The van der Waals surface area contributed by atoms with Gasteiger partial charge in [0.15, 0.2) is 0 Å². The van der Waals surface area contributed by atoms with Gasteiger partial charge in [0.1, 0.15) is 17.7 Å². The topological polar surface area (TPSA) is 121 Å². The van der Waals surface area contributed by atoms with E-state index < -0.39 is 35.7 Å². The summed E-state index contributed by atoms with van der Waals surface area (Å²) in [5, 5.41) is 15.8. The van der Waals surface area contributed by atoms with E-state index in [0.717, 1.165) is 22.0 Å². The van der Waals surface area contributed by atoms with E-state index in [-0.39, 0.29) is 12.8 Å². The van der Waals surface area contributed by atoms with E-state index in [1.165, 1.54) is 0 Å². The highest BCUT2D eigenvalue weighted by Crippen LogP contribution is 2.19. The molecule has 0 unspecified atom stereocenters. The fourth-order valence-electron chi connectivity index (χ4n) is 3.50. The first-order valence-corrected chi connectivity index (χ1v) is 10.7. The van der Waals surface area contributed by atoms with Crippen molar-refractivity contribution in [1.82, 2.24) is 15.6 Å². The number of aromatic nitrogens is 1. The number of benzene rings is 2. The van der Waals surface area contributed by atoms with Gasteiger partial charge < -0.3 is 25.5 Å². The molecule has 1 aromatic heterocycles. The first kappa shape index (κ1) is 23.8. The number of aromatic amines is 1. The molecule has 3 aromatic rings. The van der Waals surface area contributed by atoms with E-state index in [2.05, 4.69) is 15.6 Å². The second kappa shape index (κ2) is 10.2. The number of carbonyl (C=O) groups excluding carboxylic acids is 2. The van der Waals surface area contributed by atoms with Crippen molar-refractivity contribution in [1.29, 1.82) is 0 Å². The van der Waals surface area contributed by atoms with Crippen molar-refractivity contribution >= 4 is 28.9 Å². The summed E-state index contributed by atoms with van der Waals surface area (Å²) in [5.74, 6) is -1.76. The third-order valence-electron chi connectivity index (χ3n) is 5.00. The molecule has 8 nitrogen and oxygen atoms in total. The molecule has 33 heavy (non-hydrogen) atoms. The standard InChI is InChI=1S/C25H29N3O5/c1-25(2,3)33-24(32)28-20(13-16-9-5-4-6-10-16)22(29)27-21(23(30)31)14-17-15-26-19-12-8-7-11-18(17)19/h4-12,15,20-21,26H,13-14H2,1-3H3,(H,27,29)(H,28,32)(H,30,31)/t20-,21-/m0/s1. The fraction of sp³-hybridized carbons (Fsp3) is 0.320. The third-order valence-corrected chi connectivity index (χ3v) is 5.00. The van der Waals surface area contributed by atoms with E-state index in [1.807, 2.05) is 54.6 Å². The van der Waals surface area contributed by atoms with Crippen LogP contribution in [-0.2, 0) is 27.2 Å². The summed E-state index contributed by atoms with van der Waals surface area (Å²) >= 11 is 0. The van der Waals surface area contributed by atoms with Gasteiger partial charge >= 0.3 is 12.1 Å². The average Bonchev–Trinajstić information content (AvgIpc) is 3.15. The van der Waals surface area contributed by atoms with Crippen molar-refractivity contribution in [2.45, 2.75) is 51.3 Å². The minimum absolute atomic E-state index is 0.0928. The predicted molar refractivity (Wildman–Crippen MR) is 125 cm³/mol. The Kier molecular flexibility index (Phi) is 7.37. The number of hydrogen-bond donors (Lipinski definition) is 4. The molecule has 0 aliphatic rings. The zero-order valence-corrected chi connectivity index (χ0v) is 18.9. The van der Waals surface area contributed by atoms with Crippen molar-refractivity contribution < 1.29 is 24.2 Å². The fourth-order valence-corrected chi connectivity index (χ4v) is 3.50. The molecule has 2 atom stereocenters. The van der Waals surface area contributed by atoms with Crippen molar-refractivity contribution in [3.63, 3.8) is 0 Å². The number of H-pyrrole nitrogens is 1. The quantitative estimate of drug-likeness (QED) is 0.418. The van der Waals surface area contributed by atoms with Gasteiger partial charge in [0.25, 0.3) is 0 Å². The molecule has 2 amide bonds. The van der Waals surface area contributed by atoms with Gasteiger partial charge in [-0.25, -0.2) is 9.59 Å². The second-order valence-corrected chi connectivity index (χ2v) is 8.85. The van der Waals surface area contributed by atoms with Crippen LogP contribution in [0.3, 0.4) is 0 Å². The Bertz CT molecular complexity index is 1120. The molecule has 1 heterocycles. The Morgan fingerprint density at radius 1 is 0.939 bits per heavy atom. The molecule has 0 radical (unpaired) electrons. The van der Waals surface area contributed by atoms with Crippen molar-refractivity contribution in [3.8, 4) is 0 Å². The van der Waals surface area contributed by atoms with E-state index >= 15 is 0 Å². The Hall–Kier alpha value is -3.81. The van der Waals surface area contributed by atoms with Gasteiger partial charge in [-0.05, 0) is 38.0 Å². The lowest BCUT2D eigenvalue weighted by molar-refractivity contribution is -0.142. The number of carboxylic acid groups (broad SMARTS) is 1. The van der Waals surface area contributed by atoms with Crippen LogP contribution in [0.4, 0.5) is 4.79 Å². The van der Waals surface area contributed by atoms with Crippen LogP contribution in [-0.4, -0.2) is 45.7 Å². The number of alkyl carbamates (subject to hydrolysis) is 1. The zero-order chi connectivity index (χ0) is 24.0. The van der Waals surface area contributed by atoms with Crippen LogP contribution < -0.4 is 10.6 Å². The average molecular weight is 452 g/mol. The Morgan fingerprint density at radius 3 is 2.27 bits per heavy atom. The summed E-state index contributed by atoms with van der Waals surface area (Å²) in [6.07, 6.45) is 1.27. The Morgan fingerprint density at radius 2 is 1.61 bits per heavy atom. The lowest BCUT2D eigenvalue weighted by atomic mass is 10.0. The third kappa shape index (κ3) is 6.83. The number of ether oxygens (including phenoxy) is 1. The van der Waals surface area contributed by atoms with E-state index in [9.17, 15) is 19.5 Å². The molecule has 8 heteroatoms. The van der Waals surface area contributed by atoms with E-state index in [0.29, 0.717) is 0 Å². The second-order valence-electron chi connectivity index (χ2n) is 8.85. The summed E-state index contributed by atoms with van der Waals surface area (Å²) in [6.45, 7) is 5.17. The molecule has 0 saturated heterocycles. The molecule has 2 aromatic carbocycles. The highest BCUT2D eigenvalue weighted by molar-refractivity contribution is 5.90. The number of nitrogens with one attached hydrogen (secondary N) is 3. The number of fused-ring (bicyclic) bond motifs is 1. The van der Waals surface area contributed by atoms with Crippen molar-refractivity contribution in [2.24, 2.45) is 0 Å². The molecular formula is C25H29N3O5. The molecule has 174 valence electrons. The monoisotopic (exact) mass is 451 g/mol. The highest BCUT2D eigenvalue weighted by Gasteiger charge is 2.29. The maximum atomic E-state index is 13.1. The van der Waals surface area contributed by atoms with E-state index in [1.54, 1.807) is 27.0 Å². The molecule has 0 bridgehead atoms. The van der Waals surface area contributed by atoms with E-state index in [4.69, 9.17) is 4.74 Å². The van der Waals surface area contributed by atoms with Crippen molar-refractivity contribution in [2.75, 3.05) is 0 Å². The number of hydrogen-bond acceptors (Lipinski definition) is 4. The highest BCUT2D eigenvalue weighted by atomic mass is 16.6. The number of amides is 2. The molecule has 0 fully saturated rings. The summed E-state index contributed by atoms with van der Waals surface area (Å²) in [7, 11) is 0. The summed E-state index contributed by atoms with van der Waals surface area (Å²) in [5.41, 5.74) is 1.74. The first-order chi connectivity index (χ1) is 15.6. The van der Waals surface area contributed by atoms with Crippen LogP contribution in [0.1, 0.15) is 31.9 Å². The largest absolute Gasteiger partial charge is 0.480 e. The Labute approximate surface area is 192 Å². The molecular weight excluding hydrogens is 422 g/mol. The minimum atomic E-state index is -1.17. The number of carbonyl (C=O) groups is 3. The maximum absolute atomic E-state index is 13.1. The molecule has 0 aliphatic carbocycles. The predicted octanol–water partition coefficient (Wildman–Crippen LogP) is 3.42. The van der Waals surface area contributed by atoms with Crippen LogP contribution in [0, 0.1) is 0 Å². The normalized spacial score (nSPS) is 13.2. The lowest BCUT2D eigenvalue weighted by Crippen LogP contribution is -2.53. The van der Waals surface area contributed by atoms with Crippen molar-refractivity contribution in [3.05, 3.63) is 71.9 Å². The lowest BCUT2D eigenvalue weighted by Gasteiger charge is -2.24. The summed E-state index contributed by atoms with van der Waals surface area (Å²) < 4.78 is 5.29. The van der Waals surface area contributed by atoms with Gasteiger partial charge in [-0.1, -0.05) is 48.5 Å². The molecule has 0 aliphatic heterocycles. The van der Waals surface area contributed by atoms with Crippen LogP contribution in [0.2, 0.25) is 0 Å². The number of aliphatic carboxylic acids is 1. The Balaban J connectivity index is 1.77. The van der Waals surface area contributed by atoms with Gasteiger partial charge in [-0.3, -0.25) is 4.79 Å². The number of carboxylic acids is 1. The van der Waals surface area contributed by atoms with Gasteiger partial charge in [0.05, 0.1) is 0 Å². The summed E-state index contributed by atoms with van der Waals surface area (Å²) in [6, 6.07) is 14.5. The van der Waals surface area contributed by atoms with Crippen LogP contribution in [0.25, 0.3) is 10.9 Å². The summed E-state index contributed by atoms with van der Waals surface area (Å²) in [4.78, 5) is 40.5. The zero-order valence-electron chi connectivity index (χ0n) is 18.9. The molecule has 3 rings (SSSR count). The van der Waals surface area contributed by atoms with Crippen LogP contribution in [0.15, 0.2) is 60.8 Å². The van der Waals surface area contributed by atoms with Crippen LogP contribution >= 0.6 is 0 Å². The van der Waals surface area contributed by atoms with Crippen LogP contribution in [0.5, 0.6) is 0 Å². The molecule has 4 N–H and O–H groups in total. The number of rotatable bonds is 8. The molecule has 0 saturated carbocycles. The SMILES string of the molecule is CC(C)(C)OC(=O)N[C@@H](Cc1ccccc1)C(=O)N[C@@H](Cc1c[nH]c2ccccc12)C(=O)O. The first-order valence-electron chi connectivity index (χ1n) is 10.7. The van der Waals surface area contributed by atoms with Gasteiger partial charge in [-0.2, -0.15) is 0 Å². The van der Waals surface area contributed by atoms with Gasteiger partial charge in [-0.15, -0.1) is 0 Å².